The number of aryl methyl sites for hydroxylation is 1. The zero-order valence-electron chi connectivity index (χ0n) is 10.7. The summed E-state index contributed by atoms with van der Waals surface area (Å²) in [4.78, 5) is 8.28. The first-order valence-corrected chi connectivity index (χ1v) is 6.30. The van der Waals surface area contributed by atoms with Crippen molar-refractivity contribution in [2.24, 2.45) is 5.73 Å². The Kier molecular flexibility index (Phi) is 4.41. The first-order valence-electron chi connectivity index (χ1n) is 6.30. The van der Waals surface area contributed by atoms with Crippen LogP contribution in [0.15, 0.2) is 30.9 Å². The fraction of sp³-hybridized carbons (Fsp3) is 0.462. The Morgan fingerprint density at radius 1 is 1.28 bits per heavy atom. The molecule has 1 atom stereocenters. The Morgan fingerprint density at radius 3 is 2.78 bits per heavy atom. The van der Waals surface area contributed by atoms with E-state index in [0.29, 0.717) is 0 Å². The van der Waals surface area contributed by atoms with Crippen LogP contribution in [0.25, 0.3) is 0 Å². The van der Waals surface area contributed by atoms with Gasteiger partial charge in [-0.1, -0.05) is 6.92 Å². The summed E-state index contributed by atoms with van der Waals surface area (Å²) in [5, 5.41) is 4.21. The quantitative estimate of drug-likeness (QED) is 0.830. The molecule has 2 heterocycles. The first-order chi connectivity index (χ1) is 8.79. The third-order valence-electron chi connectivity index (χ3n) is 2.82. The van der Waals surface area contributed by atoms with Crippen LogP contribution in [-0.2, 0) is 19.4 Å². The van der Waals surface area contributed by atoms with E-state index < -0.39 is 0 Å². The molecular weight excluding hydrogens is 226 g/mol. The summed E-state index contributed by atoms with van der Waals surface area (Å²) in [5.41, 5.74) is 7.37. The number of aromatic nitrogens is 4. The van der Waals surface area contributed by atoms with Crippen molar-refractivity contribution in [2.45, 2.75) is 38.8 Å². The van der Waals surface area contributed by atoms with E-state index in [2.05, 4.69) is 22.0 Å². The number of rotatable bonds is 6. The monoisotopic (exact) mass is 245 g/mol. The molecule has 2 aromatic rings. The summed E-state index contributed by atoms with van der Waals surface area (Å²) < 4.78 is 1.94. The molecule has 0 aliphatic carbocycles. The van der Waals surface area contributed by atoms with Crippen LogP contribution in [-0.4, -0.2) is 25.8 Å². The van der Waals surface area contributed by atoms with Gasteiger partial charge in [0.2, 0.25) is 0 Å². The third-order valence-corrected chi connectivity index (χ3v) is 2.82. The molecule has 0 saturated heterocycles. The second-order valence-electron chi connectivity index (χ2n) is 4.42. The Hall–Kier alpha value is -1.75. The van der Waals surface area contributed by atoms with E-state index in [-0.39, 0.29) is 6.04 Å². The molecule has 0 radical (unpaired) electrons. The van der Waals surface area contributed by atoms with Gasteiger partial charge in [-0.05, 0) is 30.5 Å². The molecule has 5 heteroatoms. The maximum Gasteiger partial charge on any atom is 0.138 e. The van der Waals surface area contributed by atoms with Gasteiger partial charge < -0.3 is 5.73 Å². The summed E-state index contributed by atoms with van der Waals surface area (Å²) in [6.07, 6.45) is 7.83. The molecule has 0 aliphatic rings. The molecule has 0 spiro atoms. The van der Waals surface area contributed by atoms with Crippen LogP contribution in [0.3, 0.4) is 0 Å². The van der Waals surface area contributed by atoms with Gasteiger partial charge in [0.1, 0.15) is 12.2 Å². The maximum atomic E-state index is 6.16. The lowest BCUT2D eigenvalue weighted by molar-refractivity contribution is 0.540. The van der Waals surface area contributed by atoms with Crippen LogP contribution in [0.1, 0.15) is 24.7 Å². The Balaban J connectivity index is 1.94. The molecule has 2 N–H and O–H groups in total. The van der Waals surface area contributed by atoms with Crippen LogP contribution in [0.5, 0.6) is 0 Å². The van der Waals surface area contributed by atoms with Crippen molar-refractivity contribution in [3.8, 4) is 0 Å². The van der Waals surface area contributed by atoms with E-state index in [1.165, 1.54) is 5.56 Å². The number of nitrogens with zero attached hydrogens (tertiary/aromatic N) is 4. The molecule has 18 heavy (non-hydrogen) atoms. The summed E-state index contributed by atoms with van der Waals surface area (Å²) >= 11 is 0. The second-order valence-corrected chi connectivity index (χ2v) is 4.42. The van der Waals surface area contributed by atoms with Gasteiger partial charge in [0, 0.05) is 31.4 Å². The Bertz CT molecular complexity index is 465. The number of hydrogen-bond donors (Lipinski definition) is 1. The molecule has 0 aromatic carbocycles. The number of nitrogens with two attached hydrogens (primary N) is 1. The largest absolute Gasteiger partial charge is 0.327 e. The summed E-state index contributed by atoms with van der Waals surface area (Å²) in [7, 11) is 0. The minimum absolute atomic E-state index is 0.0622. The lowest BCUT2D eigenvalue weighted by Gasteiger charge is -2.11. The van der Waals surface area contributed by atoms with Crippen molar-refractivity contribution < 1.29 is 0 Å². The van der Waals surface area contributed by atoms with Gasteiger partial charge in [-0.25, -0.2) is 4.98 Å². The van der Waals surface area contributed by atoms with Gasteiger partial charge in [-0.3, -0.25) is 9.67 Å². The molecule has 0 saturated carbocycles. The summed E-state index contributed by atoms with van der Waals surface area (Å²) in [5.74, 6) is 0.971. The van der Waals surface area contributed by atoms with Crippen molar-refractivity contribution in [3.63, 3.8) is 0 Å². The van der Waals surface area contributed by atoms with Gasteiger partial charge in [-0.2, -0.15) is 5.10 Å². The normalized spacial score (nSPS) is 12.6. The van der Waals surface area contributed by atoms with Crippen LogP contribution in [0.2, 0.25) is 0 Å². The number of pyridine rings is 1. The topological polar surface area (TPSA) is 69.6 Å². The highest BCUT2D eigenvalue weighted by molar-refractivity contribution is 5.11. The molecule has 96 valence electrons. The minimum atomic E-state index is 0.0622. The zero-order chi connectivity index (χ0) is 12.8. The molecule has 2 rings (SSSR count). The highest BCUT2D eigenvalue weighted by Crippen LogP contribution is 2.05. The lowest BCUT2D eigenvalue weighted by atomic mass is 10.1. The first kappa shape index (κ1) is 12.7. The average Bonchev–Trinajstić information content (AvgIpc) is 2.78. The third kappa shape index (κ3) is 3.37. The smallest absolute Gasteiger partial charge is 0.138 e. The molecule has 2 aromatic heterocycles. The van der Waals surface area contributed by atoms with Crippen LogP contribution < -0.4 is 5.73 Å². The van der Waals surface area contributed by atoms with Crippen molar-refractivity contribution in [3.05, 3.63) is 42.2 Å². The van der Waals surface area contributed by atoms with E-state index >= 15 is 0 Å². The molecule has 0 amide bonds. The van der Waals surface area contributed by atoms with Gasteiger partial charge in [0.15, 0.2) is 0 Å². The van der Waals surface area contributed by atoms with Crippen LogP contribution in [0, 0.1) is 0 Å². The van der Waals surface area contributed by atoms with E-state index in [1.807, 2.05) is 16.8 Å². The predicted octanol–water partition coefficient (Wildman–Crippen LogP) is 1.20. The standard InChI is InChI=1S/C13H19N5/c1-2-7-18-13(16-10-17-18)9-12(14)8-11-3-5-15-6-4-11/h3-6,10,12H,2,7-9,14H2,1H3. The summed E-state index contributed by atoms with van der Waals surface area (Å²) in [6.45, 7) is 3.03. The lowest BCUT2D eigenvalue weighted by Crippen LogP contribution is -2.27. The van der Waals surface area contributed by atoms with E-state index in [0.717, 1.165) is 31.6 Å². The SMILES string of the molecule is CCCn1ncnc1CC(N)Cc1ccncc1. The van der Waals surface area contributed by atoms with Crippen LogP contribution in [0.4, 0.5) is 0 Å². The molecule has 0 bridgehead atoms. The highest BCUT2D eigenvalue weighted by Gasteiger charge is 2.10. The van der Waals surface area contributed by atoms with Gasteiger partial charge >= 0.3 is 0 Å². The highest BCUT2D eigenvalue weighted by atomic mass is 15.3. The fourth-order valence-electron chi connectivity index (χ4n) is 1.97. The summed E-state index contributed by atoms with van der Waals surface area (Å²) in [6, 6.07) is 4.06. The van der Waals surface area contributed by atoms with Gasteiger partial charge in [0.25, 0.3) is 0 Å². The average molecular weight is 245 g/mol. The van der Waals surface area contributed by atoms with Crippen molar-refractivity contribution >= 4 is 0 Å². The van der Waals surface area contributed by atoms with E-state index in [9.17, 15) is 0 Å². The predicted molar refractivity (Wildman–Crippen MR) is 69.9 cm³/mol. The van der Waals surface area contributed by atoms with Crippen molar-refractivity contribution in [1.82, 2.24) is 19.7 Å². The second kappa shape index (κ2) is 6.26. The van der Waals surface area contributed by atoms with E-state index in [4.69, 9.17) is 5.73 Å². The van der Waals surface area contributed by atoms with Gasteiger partial charge in [-0.15, -0.1) is 0 Å². The van der Waals surface area contributed by atoms with Gasteiger partial charge in [0.05, 0.1) is 0 Å². The molecule has 0 aliphatic heterocycles. The zero-order valence-corrected chi connectivity index (χ0v) is 10.7. The van der Waals surface area contributed by atoms with Crippen molar-refractivity contribution in [1.29, 1.82) is 0 Å². The fourth-order valence-corrected chi connectivity index (χ4v) is 1.97. The van der Waals surface area contributed by atoms with Crippen molar-refractivity contribution in [2.75, 3.05) is 0 Å². The number of hydrogen-bond acceptors (Lipinski definition) is 4. The molecule has 0 fully saturated rings. The Labute approximate surface area is 107 Å². The molecular formula is C13H19N5. The maximum absolute atomic E-state index is 6.16. The molecule has 5 nitrogen and oxygen atoms in total. The van der Waals surface area contributed by atoms with Crippen LogP contribution >= 0.6 is 0 Å². The van der Waals surface area contributed by atoms with E-state index in [1.54, 1.807) is 18.7 Å². The Morgan fingerprint density at radius 2 is 2.06 bits per heavy atom. The molecule has 1 unspecified atom stereocenters. The minimum Gasteiger partial charge on any atom is -0.327 e.